The average Bonchev–Trinajstić information content (AvgIpc) is 3.32. The molecule has 3 rings (SSSR count). The van der Waals surface area contributed by atoms with Gasteiger partial charge in [0, 0.05) is 45.1 Å². The zero-order valence-electron chi connectivity index (χ0n) is 15.9. The van der Waals surface area contributed by atoms with Crippen molar-refractivity contribution in [3.05, 3.63) is 42.0 Å². The second-order valence-corrected chi connectivity index (χ2v) is 7.04. The van der Waals surface area contributed by atoms with Gasteiger partial charge in [-0.25, -0.2) is 4.99 Å². The largest absolute Gasteiger partial charge is 0.381 e. The highest BCUT2D eigenvalue weighted by atomic mass is 16.5. The van der Waals surface area contributed by atoms with Crippen molar-refractivity contribution in [2.24, 2.45) is 10.9 Å². The van der Waals surface area contributed by atoms with Gasteiger partial charge in [0.2, 0.25) is 0 Å². The molecule has 2 N–H and O–H groups in total. The number of rotatable bonds is 10. The fourth-order valence-electron chi connectivity index (χ4n) is 2.97. The van der Waals surface area contributed by atoms with E-state index in [9.17, 15) is 0 Å². The number of nitrogens with one attached hydrogen (secondary N) is 2. The monoisotopic (exact) mass is 356 g/mol. The van der Waals surface area contributed by atoms with Gasteiger partial charge in [-0.05, 0) is 49.8 Å². The molecule has 0 saturated heterocycles. The predicted molar refractivity (Wildman–Crippen MR) is 109 cm³/mol. The molecule has 0 atom stereocenters. The van der Waals surface area contributed by atoms with Crippen molar-refractivity contribution in [3.63, 3.8) is 0 Å². The van der Waals surface area contributed by atoms with Gasteiger partial charge in [0.15, 0.2) is 5.96 Å². The normalized spacial score (nSPS) is 17.0. The molecule has 1 saturated carbocycles. The van der Waals surface area contributed by atoms with E-state index in [1.54, 1.807) is 0 Å². The zero-order chi connectivity index (χ0) is 18.0. The van der Waals surface area contributed by atoms with Crippen molar-refractivity contribution in [2.75, 3.05) is 44.3 Å². The molecule has 1 aromatic carbocycles. The van der Waals surface area contributed by atoms with Crippen molar-refractivity contribution in [1.82, 2.24) is 10.6 Å². The second-order valence-electron chi connectivity index (χ2n) is 7.04. The number of benzene rings is 1. The summed E-state index contributed by atoms with van der Waals surface area (Å²) in [7, 11) is 0. The lowest BCUT2D eigenvalue weighted by Gasteiger charge is -2.18. The van der Waals surface area contributed by atoms with Crippen LogP contribution in [0.4, 0.5) is 5.69 Å². The van der Waals surface area contributed by atoms with Gasteiger partial charge in [0.1, 0.15) is 0 Å². The van der Waals surface area contributed by atoms with Crippen LogP contribution in [0.2, 0.25) is 0 Å². The fourth-order valence-corrected chi connectivity index (χ4v) is 2.97. The van der Waals surface area contributed by atoms with Gasteiger partial charge in [-0.3, -0.25) is 0 Å². The van der Waals surface area contributed by atoms with E-state index in [0.717, 1.165) is 57.7 Å². The van der Waals surface area contributed by atoms with Crippen LogP contribution in [0, 0.1) is 5.92 Å². The van der Waals surface area contributed by atoms with Gasteiger partial charge in [-0.2, -0.15) is 0 Å². The van der Waals surface area contributed by atoms with Crippen molar-refractivity contribution in [3.8, 4) is 0 Å². The van der Waals surface area contributed by atoms with Crippen LogP contribution in [0.5, 0.6) is 0 Å². The van der Waals surface area contributed by atoms with E-state index >= 15 is 0 Å². The molecule has 1 aliphatic carbocycles. The maximum Gasteiger partial charge on any atom is 0.191 e. The van der Waals surface area contributed by atoms with Gasteiger partial charge in [0.25, 0.3) is 0 Å². The molecule has 1 fully saturated rings. The van der Waals surface area contributed by atoms with Crippen molar-refractivity contribution < 1.29 is 4.74 Å². The summed E-state index contributed by atoms with van der Waals surface area (Å²) in [6, 6.07) is 8.68. The van der Waals surface area contributed by atoms with Crippen LogP contribution >= 0.6 is 0 Å². The molecule has 5 heteroatoms. The Morgan fingerprint density at radius 1 is 1.23 bits per heavy atom. The maximum atomic E-state index is 5.68. The standard InChI is InChI=1S/C21H32N4O/c1-2-22-21(23-11-6-14-26-17-18-9-10-18)24-16-19-7-5-8-20(15-19)25-12-3-4-13-25/h3-5,7-8,15,18H,2,6,9-14,16-17H2,1H3,(H2,22,23,24). The molecule has 26 heavy (non-hydrogen) atoms. The smallest absolute Gasteiger partial charge is 0.191 e. The van der Waals surface area contributed by atoms with Crippen LogP contribution in [0.1, 0.15) is 31.7 Å². The quantitative estimate of drug-likeness (QED) is 0.293. The molecular weight excluding hydrogens is 324 g/mol. The molecule has 5 nitrogen and oxygen atoms in total. The predicted octanol–water partition coefficient (Wildman–Crippen LogP) is 2.93. The topological polar surface area (TPSA) is 48.9 Å². The van der Waals surface area contributed by atoms with Crippen LogP contribution in [0.15, 0.2) is 41.4 Å². The minimum atomic E-state index is 0.683. The highest BCUT2D eigenvalue weighted by Crippen LogP contribution is 2.28. The summed E-state index contributed by atoms with van der Waals surface area (Å²) >= 11 is 0. The van der Waals surface area contributed by atoms with Crippen molar-refractivity contribution in [1.29, 1.82) is 0 Å². The SMILES string of the molecule is CCNC(=NCc1cccc(N2CC=CC2)c1)NCCCOCC1CC1. The Balaban J connectivity index is 1.42. The average molecular weight is 357 g/mol. The molecule has 2 aliphatic rings. The zero-order valence-corrected chi connectivity index (χ0v) is 15.9. The van der Waals surface area contributed by atoms with E-state index in [-0.39, 0.29) is 0 Å². The number of nitrogens with zero attached hydrogens (tertiary/aromatic N) is 2. The third-order valence-electron chi connectivity index (χ3n) is 4.67. The Morgan fingerprint density at radius 2 is 2.08 bits per heavy atom. The van der Waals surface area contributed by atoms with E-state index in [4.69, 9.17) is 9.73 Å². The van der Waals surface area contributed by atoms with Gasteiger partial charge in [-0.1, -0.05) is 24.3 Å². The number of aliphatic imine (C=N–C) groups is 1. The molecular formula is C21H32N4O. The van der Waals surface area contributed by atoms with E-state index in [0.29, 0.717) is 6.54 Å². The van der Waals surface area contributed by atoms with Crippen molar-refractivity contribution in [2.45, 2.75) is 32.7 Å². The van der Waals surface area contributed by atoms with E-state index in [1.165, 1.54) is 24.1 Å². The Kier molecular flexibility index (Phi) is 7.37. The van der Waals surface area contributed by atoms with Gasteiger partial charge >= 0.3 is 0 Å². The summed E-state index contributed by atoms with van der Waals surface area (Å²) in [5.41, 5.74) is 2.51. The first-order chi connectivity index (χ1) is 12.8. The second kappa shape index (κ2) is 10.2. The summed E-state index contributed by atoms with van der Waals surface area (Å²) in [5, 5.41) is 6.72. The molecule has 0 aromatic heterocycles. The Labute approximate surface area is 157 Å². The van der Waals surface area contributed by atoms with E-state index in [2.05, 4.69) is 58.9 Å². The summed E-state index contributed by atoms with van der Waals surface area (Å²) < 4.78 is 5.68. The van der Waals surface area contributed by atoms with Gasteiger partial charge < -0.3 is 20.3 Å². The summed E-state index contributed by atoms with van der Waals surface area (Å²) in [4.78, 5) is 7.09. The van der Waals surface area contributed by atoms with Gasteiger partial charge in [-0.15, -0.1) is 0 Å². The lowest BCUT2D eigenvalue weighted by molar-refractivity contribution is 0.123. The molecule has 1 aromatic rings. The first-order valence-electron chi connectivity index (χ1n) is 9.94. The Bertz CT molecular complexity index is 602. The van der Waals surface area contributed by atoms with E-state index in [1.807, 2.05) is 0 Å². The highest BCUT2D eigenvalue weighted by molar-refractivity contribution is 5.79. The number of hydrogen-bond donors (Lipinski definition) is 2. The molecule has 0 unspecified atom stereocenters. The summed E-state index contributed by atoms with van der Waals surface area (Å²) in [5.74, 6) is 1.72. The Morgan fingerprint density at radius 3 is 2.85 bits per heavy atom. The lowest BCUT2D eigenvalue weighted by atomic mass is 10.2. The van der Waals surface area contributed by atoms with Crippen LogP contribution in [0.25, 0.3) is 0 Å². The first-order valence-corrected chi connectivity index (χ1v) is 9.94. The molecule has 1 heterocycles. The maximum absolute atomic E-state index is 5.68. The number of guanidine groups is 1. The number of ether oxygens (including phenoxy) is 1. The van der Waals surface area contributed by atoms with Crippen LogP contribution in [0.3, 0.4) is 0 Å². The third kappa shape index (κ3) is 6.37. The molecule has 0 spiro atoms. The first kappa shape index (κ1) is 18.8. The van der Waals surface area contributed by atoms with E-state index < -0.39 is 0 Å². The minimum absolute atomic E-state index is 0.683. The summed E-state index contributed by atoms with van der Waals surface area (Å²) in [6.45, 7) is 8.30. The molecule has 0 radical (unpaired) electrons. The molecule has 0 amide bonds. The number of hydrogen-bond acceptors (Lipinski definition) is 3. The molecule has 1 aliphatic heterocycles. The minimum Gasteiger partial charge on any atom is -0.381 e. The van der Waals surface area contributed by atoms with Crippen LogP contribution < -0.4 is 15.5 Å². The molecule has 142 valence electrons. The van der Waals surface area contributed by atoms with Crippen LogP contribution in [-0.4, -0.2) is 45.4 Å². The summed E-state index contributed by atoms with van der Waals surface area (Å²) in [6.07, 6.45) is 8.14. The third-order valence-corrected chi connectivity index (χ3v) is 4.67. The highest BCUT2D eigenvalue weighted by Gasteiger charge is 2.20. The van der Waals surface area contributed by atoms with Crippen LogP contribution in [-0.2, 0) is 11.3 Å². The van der Waals surface area contributed by atoms with Gasteiger partial charge in [0.05, 0.1) is 6.54 Å². The Hall–Kier alpha value is -2.01. The fraction of sp³-hybridized carbons (Fsp3) is 0.571. The molecule has 0 bridgehead atoms. The number of anilines is 1. The lowest BCUT2D eigenvalue weighted by Crippen LogP contribution is -2.38. The van der Waals surface area contributed by atoms with Crippen molar-refractivity contribution >= 4 is 11.6 Å².